The highest BCUT2D eigenvalue weighted by Gasteiger charge is 2.10. The molecule has 0 bridgehead atoms. The molecule has 5 heteroatoms. The van der Waals surface area contributed by atoms with E-state index in [1.165, 1.54) is 5.56 Å². The van der Waals surface area contributed by atoms with E-state index in [0.29, 0.717) is 12.2 Å². The molecule has 20 heavy (non-hydrogen) atoms. The Morgan fingerprint density at radius 1 is 1.30 bits per heavy atom. The molecule has 0 atom stereocenters. The van der Waals surface area contributed by atoms with Crippen LogP contribution in [0.15, 0.2) is 48.9 Å². The number of fused-ring (bicyclic) bond motifs is 1. The van der Waals surface area contributed by atoms with Crippen molar-refractivity contribution in [3.63, 3.8) is 0 Å². The predicted octanol–water partition coefficient (Wildman–Crippen LogP) is 1.97. The normalized spacial score (nSPS) is 10.7. The van der Waals surface area contributed by atoms with E-state index in [4.69, 9.17) is 0 Å². The number of nitrogens with one attached hydrogen (secondary N) is 1. The summed E-state index contributed by atoms with van der Waals surface area (Å²) in [7, 11) is 0. The Labute approximate surface area is 116 Å². The van der Waals surface area contributed by atoms with Gasteiger partial charge in [0.05, 0.1) is 11.7 Å². The number of carbonyl (C=O) groups is 1. The summed E-state index contributed by atoms with van der Waals surface area (Å²) >= 11 is 0. The van der Waals surface area contributed by atoms with E-state index < -0.39 is 0 Å². The molecule has 0 saturated heterocycles. The maximum absolute atomic E-state index is 12.0. The van der Waals surface area contributed by atoms with Gasteiger partial charge in [-0.15, -0.1) is 0 Å². The second-order valence-electron chi connectivity index (χ2n) is 4.64. The van der Waals surface area contributed by atoms with Gasteiger partial charge in [-0.1, -0.05) is 29.8 Å². The van der Waals surface area contributed by atoms with Crippen molar-refractivity contribution < 1.29 is 4.79 Å². The third kappa shape index (κ3) is 2.51. The monoisotopic (exact) mass is 266 g/mol. The van der Waals surface area contributed by atoms with Gasteiger partial charge in [0.2, 0.25) is 0 Å². The second kappa shape index (κ2) is 5.13. The van der Waals surface area contributed by atoms with Gasteiger partial charge >= 0.3 is 0 Å². The van der Waals surface area contributed by atoms with Crippen LogP contribution in [-0.4, -0.2) is 20.5 Å². The highest BCUT2D eigenvalue weighted by atomic mass is 16.1. The fourth-order valence-corrected chi connectivity index (χ4v) is 1.94. The summed E-state index contributed by atoms with van der Waals surface area (Å²) in [5.41, 5.74) is 3.46. The molecule has 1 N–H and O–H groups in total. The Morgan fingerprint density at radius 2 is 2.10 bits per heavy atom. The molecule has 1 amide bonds. The number of hydrogen-bond donors (Lipinski definition) is 1. The van der Waals surface area contributed by atoms with Gasteiger partial charge in [0.25, 0.3) is 5.91 Å². The van der Waals surface area contributed by atoms with Crippen molar-refractivity contribution in [1.82, 2.24) is 19.9 Å². The van der Waals surface area contributed by atoms with Crippen molar-refractivity contribution in [2.24, 2.45) is 0 Å². The quantitative estimate of drug-likeness (QED) is 0.788. The van der Waals surface area contributed by atoms with Crippen LogP contribution in [0.5, 0.6) is 0 Å². The topological polar surface area (TPSA) is 59.3 Å². The van der Waals surface area contributed by atoms with Crippen molar-refractivity contribution in [3.05, 3.63) is 65.7 Å². The van der Waals surface area contributed by atoms with E-state index in [1.54, 1.807) is 29.2 Å². The standard InChI is InChI=1S/C15H14N4O/c1-11-2-4-12(5-3-11)9-17-15(20)14-8-13-10-16-6-7-19(13)18-14/h2-8,10H,9H2,1H3,(H,17,20). The van der Waals surface area contributed by atoms with Crippen molar-refractivity contribution in [3.8, 4) is 0 Å². The number of benzene rings is 1. The number of amides is 1. The molecule has 2 heterocycles. The fourth-order valence-electron chi connectivity index (χ4n) is 1.94. The van der Waals surface area contributed by atoms with Gasteiger partial charge in [-0.3, -0.25) is 9.78 Å². The van der Waals surface area contributed by atoms with Gasteiger partial charge in [0, 0.05) is 18.9 Å². The molecule has 2 aromatic heterocycles. The summed E-state index contributed by atoms with van der Waals surface area (Å²) in [5, 5.41) is 7.06. The van der Waals surface area contributed by atoms with Crippen LogP contribution in [0.4, 0.5) is 0 Å². The molecule has 0 unspecified atom stereocenters. The number of carbonyl (C=O) groups excluding carboxylic acids is 1. The van der Waals surface area contributed by atoms with Crippen LogP contribution in [0.2, 0.25) is 0 Å². The molecular weight excluding hydrogens is 252 g/mol. The molecule has 0 saturated carbocycles. The molecule has 0 radical (unpaired) electrons. The van der Waals surface area contributed by atoms with E-state index in [1.807, 2.05) is 31.2 Å². The van der Waals surface area contributed by atoms with Crippen LogP contribution < -0.4 is 5.32 Å². The second-order valence-corrected chi connectivity index (χ2v) is 4.64. The van der Waals surface area contributed by atoms with E-state index in [0.717, 1.165) is 11.1 Å². The van der Waals surface area contributed by atoms with Crippen LogP contribution in [-0.2, 0) is 6.54 Å². The molecule has 3 rings (SSSR count). The third-order valence-electron chi connectivity index (χ3n) is 3.07. The minimum Gasteiger partial charge on any atom is -0.347 e. The average molecular weight is 266 g/mol. The zero-order valence-electron chi connectivity index (χ0n) is 11.1. The summed E-state index contributed by atoms with van der Waals surface area (Å²) < 4.78 is 1.63. The summed E-state index contributed by atoms with van der Waals surface area (Å²) in [6.07, 6.45) is 5.02. The first-order valence-corrected chi connectivity index (χ1v) is 6.35. The van der Waals surface area contributed by atoms with Gasteiger partial charge in [-0.05, 0) is 18.6 Å². The Kier molecular flexibility index (Phi) is 3.16. The molecule has 3 aromatic rings. The molecule has 0 aliphatic carbocycles. The van der Waals surface area contributed by atoms with E-state index in [-0.39, 0.29) is 5.91 Å². The Hall–Kier alpha value is -2.69. The molecule has 1 aromatic carbocycles. The van der Waals surface area contributed by atoms with Gasteiger partial charge < -0.3 is 5.32 Å². The summed E-state index contributed by atoms with van der Waals surface area (Å²) in [6, 6.07) is 9.78. The lowest BCUT2D eigenvalue weighted by Crippen LogP contribution is -2.23. The maximum Gasteiger partial charge on any atom is 0.272 e. The van der Waals surface area contributed by atoms with Crippen molar-refractivity contribution in [2.75, 3.05) is 0 Å². The zero-order valence-corrected chi connectivity index (χ0v) is 11.1. The Bertz CT molecular complexity index is 713. The van der Waals surface area contributed by atoms with Crippen LogP contribution in [0.1, 0.15) is 21.6 Å². The maximum atomic E-state index is 12.0. The molecular formula is C15H14N4O. The number of hydrogen-bond acceptors (Lipinski definition) is 3. The SMILES string of the molecule is Cc1ccc(CNC(=O)c2cc3cnccn3n2)cc1. The van der Waals surface area contributed by atoms with E-state index in [9.17, 15) is 4.79 Å². The van der Waals surface area contributed by atoms with Crippen molar-refractivity contribution in [1.29, 1.82) is 0 Å². The van der Waals surface area contributed by atoms with Crippen molar-refractivity contribution >= 4 is 11.4 Å². The van der Waals surface area contributed by atoms with Gasteiger partial charge in [-0.2, -0.15) is 5.10 Å². The van der Waals surface area contributed by atoms with Crippen molar-refractivity contribution in [2.45, 2.75) is 13.5 Å². The van der Waals surface area contributed by atoms with Crippen LogP contribution in [0, 0.1) is 6.92 Å². The molecule has 0 aliphatic rings. The minimum atomic E-state index is -0.186. The molecule has 0 fully saturated rings. The van der Waals surface area contributed by atoms with Crippen LogP contribution in [0.3, 0.4) is 0 Å². The molecule has 0 aliphatic heterocycles. The van der Waals surface area contributed by atoms with Gasteiger partial charge in [0.15, 0.2) is 5.69 Å². The molecule has 5 nitrogen and oxygen atoms in total. The first-order valence-electron chi connectivity index (χ1n) is 6.35. The Balaban J connectivity index is 1.71. The van der Waals surface area contributed by atoms with E-state index in [2.05, 4.69) is 15.4 Å². The number of rotatable bonds is 3. The highest BCUT2D eigenvalue weighted by molar-refractivity contribution is 5.93. The lowest BCUT2D eigenvalue weighted by molar-refractivity contribution is 0.0945. The number of aryl methyl sites for hydroxylation is 1. The van der Waals surface area contributed by atoms with E-state index >= 15 is 0 Å². The lowest BCUT2D eigenvalue weighted by Gasteiger charge is -2.03. The molecule has 0 spiro atoms. The zero-order chi connectivity index (χ0) is 13.9. The van der Waals surface area contributed by atoms with Crippen LogP contribution >= 0.6 is 0 Å². The third-order valence-corrected chi connectivity index (χ3v) is 3.07. The molecule has 100 valence electrons. The predicted molar refractivity (Wildman–Crippen MR) is 75.3 cm³/mol. The largest absolute Gasteiger partial charge is 0.347 e. The fraction of sp³-hybridized carbons (Fsp3) is 0.133. The smallest absolute Gasteiger partial charge is 0.272 e. The summed E-state index contributed by atoms with van der Waals surface area (Å²) in [5.74, 6) is -0.186. The minimum absolute atomic E-state index is 0.186. The van der Waals surface area contributed by atoms with Crippen LogP contribution in [0.25, 0.3) is 5.52 Å². The van der Waals surface area contributed by atoms with Gasteiger partial charge in [0.1, 0.15) is 0 Å². The summed E-state index contributed by atoms with van der Waals surface area (Å²) in [4.78, 5) is 16.0. The number of nitrogens with zero attached hydrogens (tertiary/aromatic N) is 3. The highest BCUT2D eigenvalue weighted by Crippen LogP contribution is 2.06. The lowest BCUT2D eigenvalue weighted by atomic mass is 10.1. The Morgan fingerprint density at radius 3 is 2.85 bits per heavy atom. The average Bonchev–Trinajstić information content (AvgIpc) is 2.90. The number of aromatic nitrogens is 3. The summed E-state index contributed by atoms with van der Waals surface area (Å²) in [6.45, 7) is 2.53. The first kappa shape index (κ1) is 12.3. The first-order chi connectivity index (χ1) is 9.72. The van der Waals surface area contributed by atoms with Gasteiger partial charge in [-0.25, -0.2) is 4.52 Å².